The van der Waals surface area contributed by atoms with E-state index in [1.54, 1.807) is 0 Å². The molecule has 1 aromatic rings. The van der Waals surface area contributed by atoms with Gasteiger partial charge >= 0.3 is 0 Å². The molecule has 0 aromatic heterocycles. The molecule has 0 saturated carbocycles. The topological polar surface area (TPSA) is 39.7 Å². The zero-order valence-electron chi connectivity index (χ0n) is 15.1. The summed E-state index contributed by atoms with van der Waals surface area (Å²) in [6.45, 7) is 14.8. The second-order valence-electron chi connectivity index (χ2n) is 6.62. The number of halogens is 1. The van der Waals surface area contributed by atoms with Crippen LogP contribution in [0.3, 0.4) is 0 Å². The second-order valence-corrected chi connectivity index (χ2v) is 6.62. The van der Waals surface area contributed by atoms with E-state index in [1.807, 2.05) is 6.08 Å². The third-order valence-corrected chi connectivity index (χ3v) is 4.37. The molecule has 1 aromatic carbocycles. The number of benzene rings is 1. The summed E-state index contributed by atoms with van der Waals surface area (Å²) in [7, 11) is 0. The van der Waals surface area contributed by atoms with E-state index in [0.29, 0.717) is 0 Å². The van der Waals surface area contributed by atoms with Crippen molar-refractivity contribution in [1.29, 1.82) is 0 Å². The highest BCUT2D eigenvalue weighted by Gasteiger charge is 2.29. The molecule has 0 amide bonds. The first-order valence-electron chi connectivity index (χ1n) is 8.51. The summed E-state index contributed by atoms with van der Waals surface area (Å²) >= 11 is 0. The summed E-state index contributed by atoms with van der Waals surface area (Å²) in [6.07, 6.45) is 2.97. The van der Waals surface area contributed by atoms with Crippen molar-refractivity contribution in [3.8, 4) is 0 Å². The van der Waals surface area contributed by atoms with Gasteiger partial charge in [-0.3, -0.25) is 9.89 Å². The molecule has 1 aliphatic rings. The Morgan fingerprint density at radius 1 is 1.29 bits per heavy atom. The average Bonchev–Trinajstić information content (AvgIpc) is 2.57. The van der Waals surface area contributed by atoms with Crippen molar-refractivity contribution >= 4 is 29.9 Å². The number of hydrogen-bond donors (Lipinski definition) is 2. The number of fused-ring (bicyclic) bond motifs is 1. The van der Waals surface area contributed by atoms with Crippen LogP contribution in [-0.2, 0) is 13.0 Å². The van der Waals surface area contributed by atoms with E-state index in [2.05, 4.69) is 67.1 Å². The lowest BCUT2D eigenvalue weighted by atomic mass is 9.94. The molecule has 4 nitrogen and oxygen atoms in total. The summed E-state index contributed by atoms with van der Waals surface area (Å²) in [5, 5.41) is 6.54. The lowest BCUT2D eigenvalue weighted by Gasteiger charge is -2.40. The highest BCUT2D eigenvalue weighted by molar-refractivity contribution is 14.0. The molecule has 1 aliphatic heterocycles. The molecule has 0 bridgehead atoms. The SMILES string of the molecule is C=CCNC(=NCC(C)(C)N1CCc2ccccc2C1)NCC.I. The molecule has 24 heavy (non-hydrogen) atoms. The van der Waals surface area contributed by atoms with Crippen LogP contribution in [0, 0.1) is 0 Å². The maximum absolute atomic E-state index is 4.76. The van der Waals surface area contributed by atoms with Gasteiger partial charge in [-0.2, -0.15) is 0 Å². The smallest absolute Gasteiger partial charge is 0.191 e. The summed E-state index contributed by atoms with van der Waals surface area (Å²) in [6, 6.07) is 8.77. The molecule has 0 unspecified atom stereocenters. The van der Waals surface area contributed by atoms with E-state index >= 15 is 0 Å². The first kappa shape index (κ1) is 21.0. The zero-order valence-corrected chi connectivity index (χ0v) is 17.5. The van der Waals surface area contributed by atoms with Crippen LogP contribution in [0.15, 0.2) is 41.9 Å². The quantitative estimate of drug-likeness (QED) is 0.308. The molecule has 0 fully saturated rings. The fraction of sp³-hybridized carbons (Fsp3) is 0.526. The number of hydrogen-bond acceptors (Lipinski definition) is 2. The van der Waals surface area contributed by atoms with E-state index in [-0.39, 0.29) is 29.5 Å². The highest BCUT2D eigenvalue weighted by Crippen LogP contribution is 2.25. The molecule has 0 saturated heterocycles. The Morgan fingerprint density at radius 2 is 2.00 bits per heavy atom. The highest BCUT2D eigenvalue weighted by atomic mass is 127. The average molecular weight is 442 g/mol. The van der Waals surface area contributed by atoms with Crippen LogP contribution in [0.2, 0.25) is 0 Å². The molecule has 2 N–H and O–H groups in total. The van der Waals surface area contributed by atoms with Crippen molar-refractivity contribution in [1.82, 2.24) is 15.5 Å². The predicted molar refractivity (Wildman–Crippen MR) is 114 cm³/mol. The summed E-state index contributed by atoms with van der Waals surface area (Å²) in [5.74, 6) is 0.859. The van der Waals surface area contributed by atoms with Gasteiger partial charge in [0.2, 0.25) is 0 Å². The zero-order chi connectivity index (χ0) is 16.7. The van der Waals surface area contributed by atoms with E-state index in [4.69, 9.17) is 4.99 Å². The first-order chi connectivity index (χ1) is 11.1. The van der Waals surface area contributed by atoms with Gasteiger partial charge in [-0.25, -0.2) is 0 Å². The van der Waals surface area contributed by atoms with Gasteiger partial charge in [0.05, 0.1) is 6.54 Å². The van der Waals surface area contributed by atoms with Crippen molar-refractivity contribution in [2.45, 2.75) is 39.3 Å². The Kier molecular flexibility index (Phi) is 8.76. The minimum Gasteiger partial charge on any atom is -0.357 e. The van der Waals surface area contributed by atoms with Crippen LogP contribution in [0.25, 0.3) is 0 Å². The lowest BCUT2D eigenvalue weighted by Crippen LogP contribution is -2.49. The number of nitrogens with zero attached hydrogens (tertiary/aromatic N) is 2. The molecule has 2 rings (SSSR count). The van der Waals surface area contributed by atoms with E-state index in [9.17, 15) is 0 Å². The summed E-state index contributed by atoms with van der Waals surface area (Å²) in [5.41, 5.74) is 2.97. The first-order valence-corrected chi connectivity index (χ1v) is 8.51. The van der Waals surface area contributed by atoms with Gasteiger partial charge in [-0.1, -0.05) is 30.3 Å². The Balaban J connectivity index is 0.00000288. The van der Waals surface area contributed by atoms with Gasteiger partial charge < -0.3 is 10.6 Å². The van der Waals surface area contributed by atoms with Crippen LogP contribution < -0.4 is 10.6 Å². The Hall–Kier alpha value is -1.08. The third kappa shape index (κ3) is 5.77. The minimum absolute atomic E-state index is 0. The molecule has 5 heteroatoms. The van der Waals surface area contributed by atoms with Gasteiger partial charge in [-0.15, -0.1) is 30.6 Å². The molecule has 1 heterocycles. The van der Waals surface area contributed by atoms with Gasteiger partial charge in [0.15, 0.2) is 5.96 Å². The fourth-order valence-electron chi connectivity index (χ4n) is 2.90. The third-order valence-electron chi connectivity index (χ3n) is 4.37. The maximum Gasteiger partial charge on any atom is 0.191 e. The van der Waals surface area contributed by atoms with Crippen LogP contribution >= 0.6 is 24.0 Å². The monoisotopic (exact) mass is 442 g/mol. The Labute approximate surface area is 163 Å². The summed E-state index contributed by atoms with van der Waals surface area (Å²) < 4.78 is 0. The maximum atomic E-state index is 4.76. The number of nitrogens with one attached hydrogen (secondary N) is 2. The van der Waals surface area contributed by atoms with Crippen LogP contribution in [0.1, 0.15) is 31.9 Å². The van der Waals surface area contributed by atoms with E-state index < -0.39 is 0 Å². The van der Waals surface area contributed by atoms with Crippen molar-refractivity contribution in [2.75, 3.05) is 26.2 Å². The van der Waals surface area contributed by atoms with E-state index in [0.717, 1.165) is 45.1 Å². The molecule has 0 aliphatic carbocycles. The number of guanidine groups is 1. The fourth-order valence-corrected chi connectivity index (χ4v) is 2.90. The number of rotatable bonds is 6. The van der Waals surface area contributed by atoms with Crippen LogP contribution in [0.5, 0.6) is 0 Å². The van der Waals surface area contributed by atoms with Crippen molar-refractivity contribution in [2.24, 2.45) is 4.99 Å². The van der Waals surface area contributed by atoms with Gasteiger partial charge in [-0.05, 0) is 38.3 Å². The molecule has 0 radical (unpaired) electrons. The van der Waals surface area contributed by atoms with Crippen molar-refractivity contribution < 1.29 is 0 Å². The second kappa shape index (κ2) is 10.0. The van der Waals surface area contributed by atoms with E-state index in [1.165, 1.54) is 11.1 Å². The molecular formula is C19H31IN4. The normalized spacial score (nSPS) is 15.2. The largest absolute Gasteiger partial charge is 0.357 e. The molecule has 0 atom stereocenters. The lowest BCUT2D eigenvalue weighted by molar-refractivity contribution is 0.112. The molecule has 0 spiro atoms. The standard InChI is InChI=1S/C19H30N4.HI/c1-5-12-21-18(20-6-2)22-15-19(3,4)23-13-11-16-9-7-8-10-17(16)14-23;/h5,7-10H,1,6,11-15H2,2-4H3,(H2,20,21,22);1H. The van der Waals surface area contributed by atoms with Crippen LogP contribution in [-0.4, -0.2) is 42.6 Å². The molecule has 134 valence electrons. The van der Waals surface area contributed by atoms with Crippen LogP contribution in [0.4, 0.5) is 0 Å². The van der Waals surface area contributed by atoms with Gasteiger partial charge in [0.1, 0.15) is 0 Å². The Morgan fingerprint density at radius 3 is 2.67 bits per heavy atom. The Bertz CT molecular complexity index is 554. The van der Waals surface area contributed by atoms with Crippen molar-refractivity contribution in [3.05, 3.63) is 48.0 Å². The number of aliphatic imine (C=N–C) groups is 1. The van der Waals surface area contributed by atoms with Gasteiger partial charge in [0, 0.05) is 31.7 Å². The van der Waals surface area contributed by atoms with Gasteiger partial charge in [0.25, 0.3) is 0 Å². The summed E-state index contributed by atoms with van der Waals surface area (Å²) in [4.78, 5) is 7.30. The van der Waals surface area contributed by atoms with Crippen molar-refractivity contribution in [3.63, 3.8) is 0 Å². The predicted octanol–water partition coefficient (Wildman–Crippen LogP) is 3.18. The minimum atomic E-state index is 0. The molecular weight excluding hydrogens is 411 g/mol.